The van der Waals surface area contributed by atoms with Gasteiger partial charge in [-0.15, -0.1) is 0 Å². The number of carbonyl (C=O) groups excluding carboxylic acids is 1. The van der Waals surface area contributed by atoms with E-state index in [-0.39, 0.29) is 18.3 Å². The Kier molecular flexibility index (Phi) is 5.95. The van der Waals surface area contributed by atoms with Gasteiger partial charge in [0.25, 0.3) is 5.91 Å². The summed E-state index contributed by atoms with van der Waals surface area (Å²) in [6.07, 6.45) is 5.46. The van der Waals surface area contributed by atoms with Crippen LogP contribution in [-0.2, 0) is 6.61 Å². The van der Waals surface area contributed by atoms with Crippen molar-refractivity contribution in [2.75, 3.05) is 23.3 Å². The molecule has 1 saturated heterocycles. The van der Waals surface area contributed by atoms with E-state index < -0.39 is 0 Å². The molecule has 0 aliphatic carbocycles. The predicted octanol–water partition coefficient (Wildman–Crippen LogP) is 4.37. The van der Waals surface area contributed by atoms with Gasteiger partial charge in [-0.3, -0.25) is 4.79 Å². The van der Waals surface area contributed by atoms with Crippen molar-refractivity contribution in [2.45, 2.75) is 25.9 Å². The van der Waals surface area contributed by atoms with E-state index >= 15 is 0 Å². The molecule has 3 heterocycles. The van der Waals surface area contributed by atoms with Crippen molar-refractivity contribution in [2.24, 2.45) is 0 Å². The van der Waals surface area contributed by atoms with Gasteiger partial charge in [0.1, 0.15) is 30.0 Å². The largest absolute Gasteiger partial charge is 0.484 e. The maximum absolute atomic E-state index is 12.4. The second-order valence-corrected chi connectivity index (χ2v) is 7.07. The average Bonchev–Trinajstić information content (AvgIpc) is 3.28. The van der Waals surface area contributed by atoms with Gasteiger partial charge in [0, 0.05) is 13.1 Å². The van der Waals surface area contributed by atoms with E-state index in [4.69, 9.17) is 14.4 Å². The number of carbonyl (C=O) groups is 1. The zero-order valence-corrected chi connectivity index (χ0v) is 16.5. The molecule has 1 fully saturated rings. The predicted molar refractivity (Wildman–Crippen MR) is 112 cm³/mol. The maximum atomic E-state index is 12.4. The second-order valence-electron chi connectivity index (χ2n) is 7.07. The smallest absolute Gasteiger partial charge is 0.292 e. The van der Waals surface area contributed by atoms with E-state index in [1.54, 1.807) is 48.7 Å². The molecule has 152 valence electrons. The Hall–Kier alpha value is -3.79. The van der Waals surface area contributed by atoms with Crippen molar-refractivity contribution in [1.29, 1.82) is 5.26 Å². The highest BCUT2D eigenvalue weighted by atomic mass is 16.5. The first kappa shape index (κ1) is 19.5. The van der Waals surface area contributed by atoms with E-state index in [2.05, 4.69) is 21.3 Å². The molecule has 0 bridgehead atoms. The van der Waals surface area contributed by atoms with Gasteiger partial charge in [0.05, 0.1) is 17.4 Å². The summed E-state index contributed by atoms with van der Waals surface area (Å²) < 4.78 is 11.2. The molecule has 0 radical (unpaired) electrons. The van der Waals surface area contributed by atoms with E-state index in [1.165, 1.54) is 19.3 Å². The number of benzene rings is 1. The summed E-state index contributed by atoms with van der Waals surface area (Å²) in [5.41, 5.74) is 1.52. The lowest BCUT2D eigenvalue weighted by Crippen LogP contribution is -2.29. The number of aromatic nitrogens is 1. The first-order valence-electron chi connectivity index (χ1n) is 9.96. The Morgan fingerprint density at radius 3 is 2.73 bits per heavy atom. The van der Waals surface area contributed by atoms with E-state index in [9.17, 15) is 4.79 Å². The lowest BCUT2D eigenvalue weighted by atomic mass is 10.1. The summed E-state index contributed by atoms with van der Waals surface area (Å²) in [7, 11) is 0. The molecule has 0 unspecified atom stereocenters. The Balaban J connectivity index is 1.34. The fraction of sp³-hybridized carbons (Fsp3) is 0.261. The van der Waals surface area contributed by atoms with Crippen molar-refractivity contribution in [3.63, 3.8) is 0 Å². The zero-order valence-electron chi connectivity index (χ0n) is 16.5. The normalized spacial score (nSPS) is 13.5. The van der Waals surface area contributed by atoms with Gasteiger partial charge in [-0.1, -0.05) is 12.1 Å². The number of hydrogen-bond acceptors (Lipinski definition) is 6. The molecule has 0 spiro atoms. The molecule has 1 aliphatic heterocycles. The van der Waals surface area contributed by atoms with Crippen LogP contribution in [0.2, 0.25) is 0 Å². The van der Waals surface area contributed by atoms with Crippen LogP contribution in [0.3, 0.4) is 0 Å². The van der Waals surface area contributed by atoms with Gasteiger partial charge >= 0.3 is 0 Å². The Morgan fingerprint density at radius 1 is 1.13 bits per heavy atom. The number of rotatable bonds is 6. The molecular formula is C23H22N4O3. The van der Waals surface area contributed by atoms with Crippen molar-refractivity contribution in [3.05, 3.63) is 71.8 Å². The van der Waals surface area contributed by atoms with Crippen LogP contribution in [0, 0.1) is 11.3 Å². The first-order chi connectivity index (χ1) is 14.7. The number of nitriles is 1. The highest BCUT2D eigenvalue weighted by molar-refractivity contribution is 6.01. The van der Waals surface area contributed by atoms with E-state index in [1.807, 2.05) is 6.07 Å². The molecule has 30 heavy (non-hydrogen) atoms. The van der Waals surface area contributed by atoms with Crippen molar-refractivity contribution >= 4 is 17.4 Å². The summed E-state index contributed by atoms with van der Waals surface area (Å²) in [5, 5.41) is 11.9. The monoisotopic (exact) mass is 402 g/mol. The van der Waals surface area contributed by atoms with Gasteiger partial charge in [0.2, 0.25) is 0 Å². The van der Waals surface area contributed by atoms with Crippen LogP contribution in [0.5, 0.6) is 5.75 Å². The van der Waals surface area contributed by atoms with Crippen LogP contribution < -0.4 is 15.0 Å². The van der Waals surface area contributed by atoms with Gasteiger partial charge in [-0.2, -0.15) is 5.26 Å². The van der Waals surface area contributed by atoms with Crippen LogP contribution in [0.25, 0.3) is 0 Å². The van der Waals surface area contributed by atoms with Crippen LogP contribution in [0.1, 0.15) is 41.1 Å². The van der Waals surface area contributed by atoms with Crippen molar-refractivity contribution in [1.82, 2.24) is 4.98 Å². The maximum Gasteiger partial charge on any atom is 0.292 e. The van der Waals surface area contributed by atoms with Crippen molar-refractivity contribution < 1.29 is 13.9 Å². The number of pyridine rings is 1. The number of hydrogen-bond donors (Lipinski definition) is 1. The topological polar surface area (TPSA) is 91.4 Å². The lowest BCUT2D eigenvalue weighted by molar-refractivity contribution is 0.0992. The van der Waals surface area contributed by atoms with Gasteiger partial charge in [-0.25, -0.2) is 4.98 Å². The summed E-state index contributed by atoms with van der Waals surface area (Å²) >= 11 is 0. The van der Waals surface area contributed by atoms with Gasteiger partial charge in [0.15, 0.2) is 5.76 Å². The zero-order chi connectivity index (χ0) is 20.8. The summed E-state index contributed by atoms with van der Waals surface area (Å²) in [6.45, 7) is 2.21. The number of piperidine rings is 1. The van der Waals surface area contributed by atoms with Crippen LogP contribution >= 0.6 is 0 Å². The third kappa shape index (κ3) is 4.61. The molecule has 1 aromatic carbocycles. The molecule has 1 amide bonds. The van der Waals surface area contributed by atoms with Crippen LogP contribution in [-0.4, -0.2) is 24.0 Å². The van der Waals surface area contributed by atoms with Crippen molar-refractivity contribution in [3.8, 4) is 11.8 Å². The standard InChI is InChI=1S/C23H22N4O3/c24-14-17-6-2-3-7-20(17)29-16-19-9-10-21(30-19)23(28)26-22-11-8-18(15-25-22)27-12-4-1-5-13-27/h2-3,6-11,15H,1,4-5,12-13,16H2,(H,25,26,28). The number of nitrogens with zero attached hydrogens (tertiary/aromatic N) is 3. The quantitative estimate of drug-likeness (QED) is 0.658. The molecule has 3 aromatic rings. The minimum Gasteiger partial charge on any atom is -0.484 e. The second kappa shape index (κ2) is 9.14. The van der Waals surface area contributed by atoms with Gasteiger partial charge < -0.3 is 19.4 Å². The molecule has 7 nitrogen and oxygen atoms in total. The molecule has 1 aliphatic rings. The fourth-order valence-electron chi connectivity index (χ4n) is 3.39. The third-order valence-corrected chi connectivity index (χ3v) is 4.97. The molecule has 0 atom stereocenters. The number of furan rings is 1. The molecule has 7 heteroatoms. The number of ether oxygens (including phenoxy) is 1. The Labute approximate surface area is 174 Å². The highest BCUT2D eigenvalue weighted by Gasteiger charge is 2.14. The highest BCUT2D eigenvalue weighted by Crippen LogP contribution is 2.21. The number of anilines is 2. The lowest BCUT2D eigenvalue weighted by Gasteiger charge is -2.28. The minimum absolute atomic E-state index is 0.120. The number of nitrogens with one attached hydrogen (secondary N) is 1. The third-order valence-electron chi connectivity index (χ3n) is 4.97. The van der Waals surface area contributed by atoms with Crippen LogP contribution in [0.15, 0.2) is 59.1 Å². The Morgan fingerprint density at radius 2 is 1.97 bits per heavy atom. The first-order valence-corrected chi connectivity index (χ1v) is 9.96. The number of amides is 1. The SMILES string of the molecule is N#Cc1ccccc1OCc1ccc(C(=O)Nc2ccc(N3CCCCC3)cn2)o1. The molecule has 1 N–H and O–H groups in total. The fourth-order valence-corrected chi connectivity index (χ4v) is 3.39. The van der Waals surface area contributed by atoms with E-state index in [0.29, 0.717) is 22.9 Å². The molecule has 4 rings (SSSR count). The van der Waals surface area contributed by atoms with E-state index in [0.717, 1.165) is 18.8 Å². The van der Waals surface area contributed by atoms with Crippen LogP contribution in [0.4, 0.5) is 11.5 Å². The summed E-state index contributed by atoms with van der Waals surface area (Å²) in [4.78, 5) is 19.1. The average molecular weight is 402 g/mol. The van der Waals surface area contributed by atoms with Gasteiger partial charge in [-0.05, 0) is 55.7 Å². The molecular weight excluding hydrogens is 380 g/mol. The molecule has 0 saturated carbocycles. The summed E-state index contributed by atoms with van der Waals surface area (Å²) in [5.74, 6) is 1.22. The molecule has 2 aromatic heterocycles. The Bertz CT molecular complexity index is 1050. The summed E-state index contributed by atoms with van der Waals surface area (Å²) in [6, 6.07) is 16.1. The number of para-hydroxylation sites is 1. The minimum atomic E-state index is -0.378.